The van der Waals surface area contributed by atoms with Crippen LogP contribution in [-0.2, 0) is 31.3 Å². The van der Waals surface area contributed by atoms with Gasteiger partial charge in [0, 0.05) is 31.2 Å². The molecule has 1 fully saturated rings. The highest BCUT2D eigenvalue weighted by Crippen LogP contribution is 2.34. The number of nitrogens with one attached hydrogen (secondary N) is 1. The molecule has 184 valence electrons. The SMILES string of the molecule is COc1ccc(S(=O)(=O)N2CCCc3cc(NC(=O)C4CCN(S(C)(=O)=O)CC4)ccc32)cc1. The number of amides is 1. The molecule has 9 nitrogen and oxygen atoms in total. The van der Waals surface area contributed by atoms with Gasteiger partial charge in [-0.25, -0.2) is 21.1 Å². The third kappa shape index (κ3) is 5.06. The number of ether oxygens (including phenoxy) is 1. The van der Waals surface area contributed by atoms with Gasteiger partial charge in [0.05, 0.1) is 23.9 Å². The Hall–Kier alpha value is -2.63. The van der Waals surface area contributed by atoms with Gasteiger partial charge in [-0.2, -0.15) is 0 Å². The fourth-order valence-corrected chi connectivity index (χ4v) is 6.87. The molecule has 0 atom stereocenters. The number of hydrogen-bond acceptors (Lipinski definition) is 6. The first kappa shape index (κ1) is 24.5. The Morgan fingerprint density at radius 1 is 1.00 bits per heavy atom. The maximum Gasteiger partial charge on any atom is 0.264 e. The van der Waals surface area contributed by atoms with Gasteiger partial charge in [-0.1, -0.05) is 0 Å². The highest BCUT2D eigenvalue weighted by Gasteiger charge is 2.31. The van der Waals surface area contributed by atoms with E-state index in [2.05, 4.69) is 5.32 Å². The third-order valence-corrected chi connectivity index (χ3v) is 9.49. The van der Waals surface area contributed by atoms with Crippen molar-refractivity contribution in [2.75, 3.05) is 42.6 Å². The highest BCUT2D eigenvalue weighted by molar-refractivity contribution is 7.92. The van der Waals surface area contributed by atoms with E-state index in [0.717, 1.165) is 5.56 Å². The number of carbonyl (C=O) groups excluding carboxylic acids is 1. The van der Waals surface area contributed by atoms with E-state index in [4.69, 9.17) is 4.74 Å². The molecule has 2 aliphatic heterocycles. The Labute approximate surface area is 200 Å². The quantitative estimate of drug-likeness (QED) is 0.643. The minimum atomic E-state index is -3.73. The molecule has 0 bridgehead atoms. The van der Waals surface area contributed by atoms with E-state index in [1.54, 1.807) is 24.3 Å². The molecule has 0 saturated carbocycles. The van der Waals surface area contributed by atoms with Crippen LogP contribution in [0.1, 0.15) is 24.8 Å². The average molecular weight is 508 g/mol. The standard InChI is InChI=1S/C23H29N3O6S2/c1-32-20-6-8-21(9-7-20)34(30,31)26-13-3-4-18-16-19(5-10-22(18)26)24-23(27)17-11-14-25(15-12-17)33(2,28)29/h5-10,16-17H,3-4,11-15H2,1-2H3,(H,24,27). The van der Waals surface area contributed by atoms with Crippen LogP contribution in [0.2, 0.25) is 0 Å². The minimum Gasteiger partial charge on any atom is -0.497 e. The number of sulfonamides is 2. The van der Waals surface area contributed by atoms with Crippen molar-refractivity contribution in [3.05, 3.63) is 48.0 Å². The van der Waals surface area contributed by atoms with Crippen molar-refractivity contribution in [3.8, 4) is 5.75 Å². The van der Waals surface area contributed by atoms with Gasteiger partial charge < -0.3 is 10.1 Å². The van der Waals surface area contributed by atoms with Crippen molar-refractivity contribution in [2.45, 2.75) is 30.6 Å². The van der Waals surface area contributed by atoms with Gasteiger partial charge in [-0.15, -0.1) is 0 Å². The lowest BCUT2D eigenvalue weighted by Gasteiger charge is -2.31. The van der Waals surface area contributed by atoms with Crippen molar-refractivity contribution in [1.29, 1.82) is 0 Å². The fourth-order valence-electron chi connectivity index (χ4n) is 4.46. The molecule has 0 unspecified atom stereocenters. The van der Waals surface area contributed by atoms with E-state index in [9.17, 15) is 21.6 Å². The van der Waals surface area contributed by atoms with Gasteiger partial charge in [-0.05, 0) is 73.7 Å². The molecule has 0 spiro atoms. The van der Waals surface area contributed by atoms with Crippen LogP contribution in [0, 0.1) is 5.92 Å². The van der Waals surface area contributed by atoms with Gasteiger partial charge in [0.15, 0.2) is 0 Å². The first-order valence-corrected chi connectivity index (χ1v) is 14.4. The fraction of sp³-hybridized carbons (Fsp3) is 0.435. The number of fused-ring (bicyclic) bond motifs is 1. The zero-order valence-corrected chi connectivity index (χ0v) is 20.9. The topological polar surface area (TPSA) is 113 Å². The molecule has 4 rings (SSSR count). The molecule has 1 amide bonds. The van der Waals surface area contributed by atoms with Crippen LogP contribution in [0.5, 0.6) is 5.75 Å². The summed E-state index contributed by atoms with van der Waals surface area (Å²) in [6.45, 7) is 1.05. The number of hydrogen-bond donors (Lipinski definition) is 1. The number of nitrogens with zero attached hydrogens (tertiary/aromatic N) is 2. The monoisotopic (exact) mass is 507 g/mol. The van der Waals surface area contributed by atoms with Gasteiger partial charge in [0.25, 0.3) is 10.0 Å². The lowest BCUT2D eigenvalue weighted by molar-refractivity contribution is -0.120. The number of carbonyl (C=O) groups is 1. The highest BCUT2D eigenvalue weighted by atomic mass is 32.2. The van der Waals surface area contributed by atoms with Crippen LogP contribution in [-0.4, -0.2) is 60.0 Å². The number of piperidine rings is 1. The molecule has 2 aliphatic rings. The predicted molar refractivity (Wildman–Crippen MR) is 130 cm³/mol. The van der Waals surface area contributed by atoms with Crippen LogP contribution >= 0.6 is 0 Å². The van der Waals surface area contributed by atoms with Crippen molar-refractivity contribution in [1.82, 2.24) is 4.31 Å². The first-order valence-electron chi connectivity index (χ1n) is 11.2. The molecule has 2 heterocycles. The van der Waals surface area contributed by atoms with E-state index >= 15 is 0 Å². The lowest BCUT2D eigenvalue weighted by atomic mass is 9.97. The number of anilines is 2. The van der Waals surface area contributed by atoms with Gasteiger partial charge in [-0.3, -0.25) is 9.10 Å². The zero-order valence-electron chi connectivity index (χ0n) is 19.2. The van der Waals surface area contributed by atoms with Crippen LogP contribution < -0.4 is 14.4 Å². The van der Waals surface area contributed by atoms with Crippen LogP contribution in [0.25, 0.3) is 0 Å². The molecule has 2 aromatic carbocycles. The van der Waals surface area contributed by atoms with Crippen molar-refractivity contribution >= 4 is 37.3 Å². The summed E-state index contributed by atoms with van der Waals surface area (Å²) in [6, 6.07) is 11.6. The van der Waals surface area contributed by atoms with Crippen LogP contribution in [0.4, 0.5) is 11.4 Å². The Morgan fingerprint density at radius 2 is 1.68 bits per heavy atom. The Morgan fingerprint density at radius 3 is 2.29 bits per heavy atom. The molecular weight excluding hydrogens is 478 g/mol. The number of rotatable bonds is 6. The number of methoxy groups -OCH3 is 1. The second kappa shape index (κ2) is 9.55. The molecular formula is C23H29N3O6S2. The summed E-state index contributed by atoms with van der Waals surface area (Å²) in [4.78, 5) is 13.0. The summed E-state index contributed by atoms with van der Waals surface area (Å²) in [7, 11) is -5.45. The summed E-state index contributed by atoms with van der Waals surface area (Å²) in [6.07, 6.45) is 3.50. The molecule has 0 aliphatic carbocycles. The Bertz CT molecular complexity index is 1270. The minimum absolute atomic E-state index is 0.147. The molecule has 11 heteroatoms. The molecule has 0 radical (unpaired) electrons. The summed E-state index contributed by atoms with van der Waals surface area (Å²) >= 11 is 0. The number of aryl methyl sites for hydroxylation is 1. The van der Waals surface area contributed by atoms with Gasteiger partial charge in [0.1, 0.15) is 5.75 Å². The maximum absolute atomic E-state index is 13.3. The molecule has 1 N–H and O–H groups in total. The second-order valence-corrected chi connectivity index (χ2v) is 12.5. The summed E-state index contributed by atoms with van der Waals surface area (Å²) in [5.41, 5.74) is 2.08. The second-order valence-electron chi connectivity index (χ2n) is 8.63. The molecule has 0 aromatic heterocycles. The van der Waals surface area contributed by atoms with E-state index in [1.165, 1.54) is 34.1 Å². The zero-order chi connectivity index (χ0) is 24.5. The lowest BCUT2D eigenvalue weighted by Crippen LogP contribution is -2.40. The van der Waals surface area contributed by atoms with Gasteiger partial charge >= 0.3 is 0 Å². The molecule has 2 aromatic rings. The normalized spacial score (nSPS) is 17.8. The predicted octanol–water partition coefficient (Wildman–Crippen LogP) is 2.45. The summed E-state index contributed by atoms with van der Waals surface area (Å²) in [5, 5.41) is 2.92. The largest absolute Gasteiger partial charge is 0.497 e. The van der Waals surface area contributed by atoms with E-state index in [1.807, 2.05) is 6.07 Å². The van der Waals surface area contributed by atoms with Gasteiger partial charge in [0.2, 0.25) is 15.9 Å². The number of benzene rings is 2. The van der Waals surface area contributed by atoms with Crippen LogP contribution in [0.3, 0.4) is 0 Å². The van der Waals surface area contributed by atoms with E-state index in [0.29, 0.717) is 62.4 Å². The molecule has 1 saturated heterocycles. The molecule has 34 heavy (non-hydrogen) atoms. The Balaban J connectivity index is 1.48. The summed E-state index contributed by atoms with van der Waals surface area (Å²) in [5.74, 6) is 0.174. The third-order valence-electron chi connectivity index (χ3n) is 6.36. The summed E-state index contributed by atoms with van der Waals surface area (Å²) < 4.78 is 57.9. The Kier molecular flexibility index (Phi) is 6.88. The van der Waals surface area contributed by atoms with Crippen molar-refractivity contribution < 1.29 is 26.4 Å². The van der Waals surface area contributed by atoms with Crippen molar-refractivity contribution in [2.24, 2.45) is 5.92 Å². The van der Waals surface area contributed by atoms with Crippen LogP contribution in [0.15, 0.2) is 47.4 Å². The van der Waals surface area contributed by atoms with Crippen molar-refractivity contribution in [3.63, 3.8) is 0 Å². The smallest absolute Gasteiger partial charge is 0.264 e. The average Bonchev–Trinajstić information content (AvgIpc) is 2.83. The first-order chi connectivity index (χ1) is 16.1. The van der Waals surface area contributed by atoms with E-state index in [-0.39, 0.29) is 16.7 Å². The maximum atomic E-state index is 13.3. The van der Waals surface area contributed by atoms with E-state index < -0.39 is 20.0 Å².